The Kier molecular flexibility index (Phi) is 17.5. The molecule has 6 atom stereocenters. The molecule has 7 heterocycles. The van der Waals surface area contributed by atoms with E-state index in [0.29, 0.717) is 53.8 Å². The molecule has 0 bridgehead atoms. The molecule has 4 aromatic rings. The summed E-state index contributed by atoms with van der Waals surface area (Å²) in [6, 6.07) is 5.71. The molecule has 3 saturated heterocycles. The first kappa shape index (κ1) is 58.7. The number of rotatable bonds is 13. The van der Waals surface area contributed by atoms with E-state index in [1.165, 1.54) is 41.2 Å². The first-order valence-corrected chi connectivity index (χ1v) is 29.5. The predicted octanol–water partition coefficient (Wildman–Crippen LogP) is 7.23. The number of thiazole rings is 1. The van der Waals surface area contributed by atoms with Crippen LogP contribution in [0.5, 0.6) is 0 Å². The van der Waals surface area contributed by atoms with Crippen LogP contribution < -0.4 is 15.6 Å². The summed E-state index contributed by atoms with van der Waals surface area (Å²) in [6.45, 7) is 22.5. The summed E-state index contributed by atoms with van der Waals surface area (Å²) < 4.78 is 19.3. The van der Waals surface area contributed by atoms with Gasteiger partial charge in [0.2, 0.25) is 11.8 Å². The zero-order valence-electron chi connectivity index (χ0n) is 49.0. The Labute approximate surface area is 475 Å². The lowest BCUT2D eigenvalue weighted by atomic mass is 9.84. The minimum absolute atomic E-state index is 0.0395. The van der Waals surface area contributed by atoms with E-state index in [1.807, 2.05) is 39.1 Å². The molecule has 20 heteroatoms. The highest BCUT2D eigenvalue weighted by atomic mass is 32.1. The average molecular weight is 1120 g/mol. The van der Waals surface area contributed by atoms with Gasteiger partial charge in [-0.05, 0) is 120 Å². The molecule has 1 aromatic carbocycles. The van der Waals surface area contributed by atoms with Crippen LogP contribution in [-0.4, -0.2) is 172 Å². The lowest BCUT2D eigenvalue weighted by molar-refractivity contribution is -0.151. The molecule has 434 valence electrons. The summed E-state index contributed by atoms with van der Waals surface area (Å²) in [5.74, 6) is -2.87. The Morgan fingerprint density at radius 1 is 0.938 bits per heavy atom. The molecule has 3 aromatic heterocycles. The number of hydrazine groups is 1. The van der Waals surface area contributed by atoms with Crippen LogP contribution in [0.1, 0.15) is 122 Å². The predicted molar refractivity (Wildman–Crippen MR) is 310 cm³/mol. The molecule has 4 amide bonds. The monoisotopic (exact) mass is 1120 g/mol. The van der Waals surface area contributed by atoms with Crippen molar-refractivity contribution in [2.24, 2.45) is 17.3 Å². The number of amides is 4. The molecule has 19 nitrogen and oxygen atoms in total. The SMILES string of the molecule is CCn1c(-c2cc(N3CCN(C4CC4)CC3)cnc2[C@H](C)OC)c(CC(C)(C)CO)c2cc(-c3nc4c(s3)/C=C/[C@@H]3[C@H](CCN3C(=O)OC(C)(C)C)C(=O)N(C)[C@@H](C(C)C)C(=O)N[C@H](C(=O)N3CCC[C@@H](C(=O)OC)N3)C4)ccc21. The number of pyridine rings is 1. The molecule has 0 unspecified atom stereocenters. The number of carbonyl (C=O) groups is 5. The van der Waals surface area contributed by atoms with Crippen LogP contribution in [0.15, 0.2) is 36.5 Å². The number of nitrogens with one attached hydrogen (secondary N) is 2. The van der Waals surface area contributed by atoms with Crippen molar-refractivity contribution in [3.8, 4) is 21.8 Å². The number of hydrogen-bond acceptors (Lipinski definition) is 15. The standard InChI is InChI=1S/C60H84N10O9S/c1-13-68-48-19-16-37(29-41(48)43(32-60(8,9)34-71)52(68)42-30-39(33-61-50(42)36(4)77-11)67-27-25-66(26-28-67)38-17-18-38)54-63-45-31-46(56(74)70-23-14-15-44(64-70)57(75)78-12)62-53(72)51(35(2)3)65(10)55(73)40-22-24-69(58(76)79-59(5,6)7)47(40)20-21-49(45)80-54/h16,19-21,29-30,33,35-36,38,40,44,46-47,51,64,71H,13-15,17-18,22-28,31-32,34H2,1-12H3,(H,62,72)/b21-20+/t36-,40-,44-,46-,47+,51-/m0/s1. The smallest absolute Gasteiger partial charge is 0.410 e. The summed E-state index contributed by atoms with van der Waals surface area (Å²) in [5, 5.41) is 17.0. The molecule has 4 fully saturated rings. The number of aliphatic hydroxyl groups is 1. The molecule has 5 aliphatic rings. The van der Waals surface area contributed by atoms with Gasteiger partial charge >= 0.3 is 12.1 Å². The van der Waals surface area contributed by atoms with Gasteiger partial charge in [-0.3, -0.25) is 34.1 Å². The Morgan fingerprint density at radius 2 is 1.68 bits per heavy atom. The van der Waals surface area contributed by atoms with Gasteiger partial charge < -0.3 is 43.9 Å². The van der Waals surface area contributed by atoms with Crippen molar-refractivity contribution < 1.29 is 43.3 Å². The number of hydrogen-bond donors (Lipinski definition) is 3. The van der Waals surface area contributed by atoms with Gasteiger partial charge in [0.1, 0.15) is 28.7 Å². The number of aryl methyl sites for hydroxylation is 1. The fourth-order valence-corrected chi connectivity index (χ4v) is 13.2. The summed E-state index contributed by atoms with van der Waals surface area (Å²) in [4.78, 5) is 90.7. The Morgan fingerprint density at radius 3 is 2.33 bits per heavy atom. The third-order valence-corrected chi connectivity index (χ3v) is 17.8. The van der Waals surface area contributed by atoms with Crippen molar-refractivity contribution in [2.45, 2.75) is 156 Å². The van der Waals surface area contributed by atoms with E-state index in [4.69, 9.17) is 24.2 Å². The van der Waals surface area contributed by atoms with Gasteiger partial charge in [0.05, 0.1) is 59.0 Å². The lowest BCUT2D eigenvalue weighted by Gasteiger charge is -2.36. The van der Waals surface area contributed by atoms with E-state index in [9.17, 15) is 29.1 Å². The Bertz CT molecular complexity index is 2990. The van der Waals surface area contributed by atoms with Crippen molar-refractivity contribution in [3.05, 3.63) is 58.4 Å². The van der Waals surface area contributed by atoms with E-state index in [0.717, 1.165) is 70.8 Å². The maximum Gasteiger partial charge on any atom is 0.410 e. The third kappa shape index (κ3) is 12.3. The van der Waals surface area contributed by atoms with Crippen LogP contribution in [0.3, 0.4) is 0 Å². The minimum atomic E-state index is -1.18. The third-order valence-electron chi connectivity index (χ3n) is 16.6. The van der Waals surface area contributed by atoms with Crippen molar-refractivity contribution >= 4 is 63.8 Å². The number of esters is 1. The van der Waals surface area contributed by atoms with Gasteiger partial charge in [0.25, 0.3) is 5.91 Å². The lowest BCUT2D eigenvalue weighted by Crippen LogP contribution is -2.62. The first-order valence-electron chi connectivity index (χ1n) is 28.7. The van der Waals surface area contributed by atoms with Crippen LogP contribution in [0, 0.1) is 17.3 Å². The second-order valence-corrected chi connectivity index (χ2v) is 25.6. The number of aliphatic hydroxyl groups excluding tert-OH is 1. The number of fused-ring (bicyclic) bond motifs is 3. The highest BCUT2D eigenvalue weighted by Gasteiger charge is 2.46. The van der Waals surface area contributed by atoms with Crippen molar-refractivity contribution in [2.75, 3.05) is 72.0 Å². The highest BCUT2D eigenvalue weighted by Crippen LogP contribution is 2.44. The van der Waals surface area contributed by atoms with Gasteiger partial charge in [-0.2, -0.15) is 0 Å². The van der Waals surface area contributed by atoms with E-state index in [-0.39, 0.29) is 44.0 Å². The first-order chi connectivity index (χ1) is 38.0. The molecule has 9 rings (SSSR count). The zero-order chi connectivity index (χ0) is 57.5. The van der Waals surface area contributed by atoms with Crippen molar-refractivity contribution in [1.29, 1.82) is 0 Å². The summed E-state index contributed by atoms with van der Waals surface area (Å²) >= 11 is 1.42. The largest absolute Gasteiger partial charge is 0.468 e. The van der Waals surface area contributed by atoms with Crippen LogP contribution in [-0.2, 0) is 52.8 Å². The highest BCUT2D eigenvalue weighted by molar-refractivity contribution is 7.16. The topological polar surface area (TPSA) is 204 Å². The van der Waals surface area contributed by atoms with Crippen LogP contribution in [0.2, 0.25) is 0 Å². The number of benzene rings is 1. The van der Waals surface area contributed by atoms with Gasteiger partial charge in [0.15, 0.2) is 0 Å². The molecule has 3 N–H and O–H groups in total. The Balaban J connectivity index is 1.20. The van der Waals surface area contributed by atoms with E-state index < -0.39 is 65.0 Å². The van der Waals surface area contributed by atoms with Gasteiger partial charge in [-0.15, -0.1) is 11.3 Å². The molecule has 1 saturated carbocycles. The van der Waals surface area contributed by atoms with Gasteiger partial charge in [-0.1, -0.05) is 33.8 Å². The number of ether oxygens (including phenoxy) is 3. The fraction of sp³-hybridized carbons (Fsp3) is 0.617. The number of carbonyl (C=O) groups excluding carboxylic acids is 5. The number of piperazine rings is 1. The second-order valence-electron chi connectivity index (χ2n) is 24.5. The summed E-state index contributed by atoms with van der Waals surface area (Å²) in [6.07, 6.45) is 9.27. The van der Waals surface area contributed by atoms with E-state index in [2.05, 4.69) is 70.1 Å². The van der Waals surface area contributed by atoms with E-state index >= 15 is 0 Å². The summed E-state index contributed by atoms with van der Waals surface area (Å²) in [5.41, 5.74) is 9.06. The zero-order valence-corrected chi connectivity index (χ0v) is 49.8. The quantitative estimate of drug-likeness (QED) is 0.113. The number of aromatic nitrogens is 3. The summed E-state index contributed by atoms with van der Waals surface area (Å²) in [7, 11) is 4.62. The van der Waals surface area contributed by atoms with Crippen molar-refractivity contribution in [1.82, 2.24) is 45.0 Å². The maximum absolute atomic E-state index is 15.0. The second kappa shape index (κ2) is 23.9. The number of methoxy groups -OCH3 is 2. The Hall–Kier alpha value is -5.93. The average Bonchev–Trinajstić information content (AvgIpc) is 3.98. The molecule has 1 aliphatic carbocycles. The molecule has 80 heavy (non-hydrogen) atoms. The van der Waals surface area contributed by atoms with Crippen LogP contribution >= 0.6 is 11.3 Å². The number of likely N-dealkylation sites (tertiary alicyclic amines) is 1. The maximum atomic E-state index is 15.0. The number of anilines is 1. The van der Waals surface area contributed by atoms with E-state index in [1.54, 1.807) is 39.8 Å². The molecular formula is C60H84N10O9S. The van der Waals surface area contributed by atoms with Crippen LogP contribution in [0.25, 0.3) is 38.8 Å². The normalized spacial score (nSPS) is 23.5. The molecular weight excluding hydrogens is 1040 g/mol. The fourth-order valence-electron chi connectivity index (χ4n) is 12.2. The number of likely N-dealkylation sites (N-methyl/N-ethyl adjacent to an activating group) is 1. The van der Waals surface area contributed by atoms with Crippen LogP contribution in [0.4, 0.5) is 10.5 Å². The number of nitrogens with zero attached hydrogens (tertiary/aromatic N) is 8. The minimum Gasteiger partial charge on any atom is -0.468 e. The van der Waals surface area contributed by atoms with Gasteiger partial charge in [0, 0.05) is 101 Å². The molecule has 0 radical (unpaired) electrons. The molecule has 0 spiro atoms. The van der Waals surface area contributed by atoms with Gasteiger partial charge in [-0.25, -0.2) is 15.2 Å². The molecule has 4 aliphatic heterocycles. The van der Waals surface area contributed by atoms with Crippen molar-refractivity contribution in [3.63, 3.8) is 0 Å².